The summed E-state index contributed by atoms with van der Waals surface area (Å²) in [6.07, 6.45) is 1.17. The number of carbonyl (C=O) groups excluding carboxylic acids is 1. The van der Waals surface area contributed by atoms with Gasteiger partial charge in [0.1, 0.15) is 29.7 Å². The molecule has 0 aliphatic rings. The highest BCUT2D eigenvalue weighted by atomic mass is 19.1. The van der Waals surface area contributed by atoms with E-state index in [1.165, 1.54) is 12.1 Å². The van der Waals surface area contributed by atoms with Gasteiger partial charge in [-0.1, -0.05) is 6.07 Å². The Labute approximate surface area is 162 Å². The van der Waals surface area contributed by atoms with Gasteiger partial charge in [0, 0.05) is 18.8 Å². The van der Waals surface area contributed by atoms with Crippen LogP contribution in [0.25, 0.3) is 16.9 Å². The lowest BCUT2D eigenvalue weighted by atomic mass is 10.2. The van der Waals surface area contributed by atoms with Crippen LogP contribution in [0.2, 0.25) is 0 Å². The first kappa shape index (κ1) is 19.8. The second-order valence-electron chi connectivity index (χ2n) is 7.17. The SMILES string of the molecule is CC(C)(C)OC(=O)NCCOCc1nc2ccc(F)cc2n1-c1ccccn1. The number of nitrogens with one attached hydrogen (secondary N) is 1. The van der Waals surface area contributed by atoms with Gasteiger partial charge in [0.05, 0.1) is 17.6 Å². The predicted octanol–water partition coefficient (Wildman–Crippen LogP) is 3.60. The zero-order chi connectivity index (χ0) is 20.1. The van der Waals surface area contributed by atoms with Crippen LogP contribution in [0.4, 0.5) is 9.18 Å². The minimum atomic E-state index is -0.548. The standard InChI is InChI=1S/C20H23FN4O3/c1-20(2,3)28-19(26)23-10-11-27-13-18-24-15-8-7-14(21)12-16(15)25(18)17-6-4-5-9-22-17/h4-9,12H,10-11,13H2,1-3H3,(H,23,26). The number of ether oxygens (including phenoxy) is 2. The largest absolute Gasteiger partial charge is 0.444 e. The summed E-state index contributed by atoms with van der Waals surface area (Å²) in [4.78, 5) is 20.5. The van der Waals surface area contributed by atoms with Crippen LogP contribution in [0.15, 0.2) is 42.6 Å². The molecular weight excluding hydrogens is 363 g/mol. The van der Waals surface area contributed by atoms with Gasteiger partial charge in [-0.2, -0.15) is 0 Å². The topological polar surface area (TPSA) is 78.3 Å². The lowest BCUT2D eigenvalue weighted by molar-refractivity contribution is 0.0491. The maximum atomic E-state index is 13.7. The summed E-state index contributed by atoms with van der Waals surface area (Å²) in [6, 6.07) is 9.89. The number of imidazole rings is 1. The van der Waals surface area contributed by atoms with Crippen molar-refractivity contribution in [2.75, 3.05) is 13.2 Å². The van der Waals surface area contributed by atoms with E-state index in [0.29, 0.717) is 29.2 Å². The molecule has 0 spiro atoms. The molecule has 0 fully saturated rings. The van der Waals surface area contributed by atoms with E-state index in [2.05, 4.69) is 15.3 Å². The Morgan fingerprint density at radius 3 is 2.79 bits per heavy atom. The molecule has 3 aromatic rings. The van der Waals surface area contributed by atoms with Crippen LogP contribution in [0.1, 0.15) is 26.6 Å². The van der Waals surface area contributed by atoms with Crippen molar-refractivity contribution < 1.29 is 18.7 Å². The van der Waals surface area contributed by atoms with Crippen LogP contribution in [-0.4, -0.2) is 39.4 Å². The van der Waals surface area contributed by atoms with Crippen LogP contribution in [0.3, 0.4) is 0 Å². The molecule has 2 heterocycles. The fraction of sp³-hybridized carbons (Fsp3) is 0.350. The summed E-state index contributed by atoms with van der Waals surface area (Å²) in [7, 11) is 0. The summed E-state index contributed by atoms with van der Waals surface area (Å²) < 4.78 is 26.3. The summed E-state index contributed by atoms with van der Waals surface area (Å²) in [5, 5.41) is 2.63. The first-order chi connectivity index (χ1) is 13.3. The minimum absolute atomic E-state index is 0.183. The highest BCUT2D eigenvalue weighted by Gasteiger charge is 2.16. The van der Waals surface area contributed by atoms with E-state index >= 15 is 0 Å². The summed E-state index contributed by atoms with van der Waals surface area (Å²) in [6.45, 7) is 6.16. The van der Waals surface area contributed by atoms with E-state index in [-0.39, 0.29) is 19.0 Å². The summed E-state index contributed by atoms with van der Waals surface area (Å²) >= 11 is 0. The van der Waals surface area contributed by atoms with E-state index in [1.807, 2.05) is 18.2 Å². The zero-order valence-electron chi connectivity index (χ0n) is 16.1. The number of halogens is 1. The number of benzene rings is 1. The molecule has 0 aliphatic heterocycles. The number of nitrogens with zero attached hydrogens (tertiary/aromatic N) is 3. The minimum Gasteiger partial charge on any atom is -0.444 e. The quantitative estimate of drug-likeness (QED) is 0.655. The second kappa shape index (κ2) is 8.35. The Kier molecular flexibility index (Phi) is 5.89. The van der Waals surface area contributed by atoms with Crippen LogP contribution in [0, 0.1) is 5.82 Å². The highest BCUT2D eigenvalue weighted by Crippen LogP contribution is 2.22. The molecule has 1 amide bonds. The third-order valence-electron chi connectivity index (χ3n) is 3.71. The van der Waals surface area contributed by atoms with E-state index in [0.717, 1.165) is 0 Å². The Bertz CT molecular complexity index is 951. The van der Waals surface area contributed by atoms with Gasteiger partial charge >= 0.3 is 6.09 Å². The van der Waals surface area contributed by atoms with Gasteiger partial charge in [-0.3, -0.25) is 4.57 Å². The van der Waals surface area contributed by atoms with E-state index < -0.39 is 11.7 Å². The Morgan fingerprint density at radius 2 is 2.07 bits per heavy atom. The molecule has 0 unspecified atom stereocenters. The summed E-state index contributed by atoms with van der Waals surface area (Å²) in [5.41, 5.74) is 0.718. The fourth-order valence-electron chi connectivity index (χ4n) is 2.64. The van der Waals surface area contributed by atoms with Crippen molar-refractivity contribution in [3.8, 4) is 5.82 Å². The number of hydrogen-bond donors (Lipinski definition) is 1. The predicted molar refractivity (Wildman–Crippen MR) is 103 cm³/mol. The van der Waals surface area contributed by atoms with Crippen LogP contribution in [0.5, 0.6) is 0 Å². The lowest BCUT2D eigenvalue weighted by Crippen LogP contribution is -2.34. The van der Waals surface area contributed by atoms with Crippen molar-refractivity contribution in [1.82, 2.24) is 19.9 Å². The molecule has 0 saturated heterocycles. The zero-order valence-corrected chi connectivity index (χ0v) is 16.1. The van der Waals surface area contributed by atoms with Crippen LogP contribution < -0.4 is 5.32 Å². The average Bonchev–Trinajstić information content (AvgIpc) is 2.98. The third-order valence-corrected chi connectivity index (χ3v) is 3.71. The number of rotatable bonds is 6. The van der Waals surface area contributed by atoms with Crippen molar-refractivity contribution in [2.45, 2.75) is 33.0 Å². The monoisotopic (exact) mass is 386 g/mol. The van der Waals surface area contributed by atoms with Gasteiger partial charge in [-0.25, -0.2) is 19.2 Å². The van der Waals surface area contributed by atoms with Crippen LogP contribution >= 0.6 is 0 Å². The molecule has 0 atom stereocenters. The molecule has 0 radical (unpaired) electrons. The normalized spacial score (nSPS) is 11.6. The molecule has 0 bridgehead atoms. The van der Waals surface area contributed by atoms with E-state index in [4.69, 9.17) is 9.47 Å². The number of aromatic nitrogens is 3. The molecule has 3 rings (SSSR count). The number of carbonyl (C=O) groups is 1. The van der Waals surface area contributed by atoms with Crippen molar-refractivity contribution in [1.29, 1.82) is 0 Å². The number of alkyl carbamates (subject to hydrolysis) is 1. The molecule has 0 aliphatic carbocycles. The molecule has 0 saturated carbocycles. The van der Waals surface area contributed by atoms with E-state index in [9.17, 15) is 9.18 Å². The van der Waals surface area contributed by atoms with Crippen LogP contribution in [-0.2, 0) is 16.1 Å². The van der Waals surface area contributed by atoms with Gasteiger partial charge in [0.2, 0.25) is 0 Å². The maximum absolute atomic E-state index is 13.7. The van der Waals surface area contributed by atoms with Crippen molar-refractivity contribution >= 4 is 17.1 Å². The van der Waals surface area contributed by atoms with Crippen molar-refractivity contribution in [3.63, 3.8) is 0 Å². The molecular formula is C20H23FN4O3. The highest BCUT2D eigenvalue weighted by molar-refractivity contribution is 5.78. The van der Waals surface area contributed by atoms with Gasteiger partial charge in [-0.15, -0.1) is 0 Å². The molecule has 7 nitrogen and oxygen atoms in total. The van der Waals surface area contributed by atoms with Gasteiger partial charge in [-0.05, 0) is 45.0 Å². The third kappa shape index (κ3) is 5.04. The van der Waals surface area contributed by atoms with E-state index in [1.54, 1.807) is 37.6 Å². The average molecular weight is 386 g/mol. The number of pyridine rings is 1. The van der Waals surface area contributed by atoms with Gasteiger partial charge in [0.25, 0.3) is 0 Å². The molecule has 148 valence electrons. The first-order valence-corrected chi connectivity index (χ1v) is 8.96. The Morgan fingerprint density at radius 1 is 1.25 bits per heavy atom. The smallest absolute Gasteiger partial charge is 0.407 e. The molecule has 2 aromatic heterocycles. The Hall–Kier alpha value is -3.00. The lowest BCUT2D eigenvalue weighted by Gasteiger charge is -2.19. The molecule has 28 heavy (non-hydrogen) atoms. The summed E-state index contributed by atoms with van der Waals surface area (Å²) in [5.74, 6) is 0.872. The molecule has 1 N–H and O–H groups in total. The molecule has 8 heteroatoms. The maximum Gasteiger partial charge on any atom is 0.407 e. The second-order valence-corrected chi connectivity index (χ2v) is 7.17. The van der Waals surface area contributed by atoms with Crippen molar-refractivity contribution in [3.05, 3.63) is 54.2 Å². The fourth-order valence-corrected chi connectivity index (χ4v) is 2.64. The molecule has 1 aromatic carbocycles. The number of fused-ring (bicyclic) bond motifs is 1. The van der Waals surface area contributed by atoms with Gasteiger partial charge in [0.15, 0.2) is 0 Å². The Balaban J connectivity index is 1.67. The van der Waals surface area contributed by atoms with Gasteiger partial charge < -0.3 is 14.8 Å². The number of amides is 1. The first-order valence-electron chi connectivity index (χ1n) is 8.96. The van der Waals surface area contributed by atoms with Crippen molar-refractivity contribution in [2.24, 2.45) is 0 Å². The number of hydrogen-bond acceptors (Lipinski definition) is 5.